The van der Waals surface area contributed by atoms with Crippen LogP contribution >= 0.6 is 11.8 Å². The van der Waals surface area contributed by atoms with Crippen LogP contribution < -0.4 is 10.1 Å². The smallest absolute Gasteiger partial charge is 0.305 e. The van der Waals surface area contributed by atoms with E-state index >= 15 is 0 Å². The van der Waals surface area contributed by atoms with Gasteiger partial charge in [-0.1, -0.05) is 36.4 Å². The highest BCUT2D eigenvalue weighted by Gasteiger charge is 2.25. The second kappa shape index (κ2) is 13.3. The number of ether oxygens (including phenoxy) is 1. The number of carbonyl (C=O) groups excluding carboxylic acids is 2. The van der Waals surface area contributed by atoms with Gasteiger partial charge in [-0.3, -0.25) is 14.4 Å². The van der Waals surface area contributed by atoms with Crippen LogP contribution in [0.15, 0.2) is 90.3 Å². The molecule has 0 unspecified atom stereocenters. The highest BCUT2D eigenvalue weighted by molar-refractivity contribution is 7.98. The zero-order valence-corrected chi connectivity index (χ0v) is 23.3. The van der Waals surface area contributed by atoms with Crippen LogP contribution in [0.2, 0.25) is 0 Å². The van der Waals surface area contributed by atoms with Crippen molar-refractivity contribution < 1.29 is 24.2 Å². The number of carboxylic acids is 1. The summed E-state index contributed by atoms with van der Waals surface area (Å²) in [5.74, 6) is 0.176. The van der Waals surface area contributed by atoms with Crippen molar-refractivity contribution in [2.75, 3.05) is 6.54 Å². The van der Waals surface area contributed by atoms with Crippen molar-refractivity contribution in [2.45, 2.75) is 49.0 Å². The van der Waals surface area contributed by atoms with Crippen molar-refractivity contribution in [3.8, 4) is 5.75 Å². The number of ketones is 1. The number of imidazole rings is 1. The third-order valence-corrected chi connectivity index (χ3v) is 8.02. The molecular weight excluding hydrogens is 538 g/mol. The van der Waals surface area contributed by atoms with Gasteiger partial charge in [0.05, 0.1) is 19.3 Å². The van der Waals surface area contributed by atoms with Crippen LogP contribution in [0.4, 0.5) is 0 Å². The second-order valence-electron chi connectivity index (χ2n) is 9.84. The molecule has 41 heavy (non-hydrogen) atoms. The molecular formula is C32H31N3O5S. The maximum Gasteiger partial charge on any atom is 0.305 e. The molecule has 8 nitrogen and oxygen atoms in total. The molecule has 4 aromatic rings. The Morgan fingerprint density at radius 2 is 1.93 bits per heavy atom. The van der Waals surface area contributed by atoms with Gasteiger partial charge in [0.1, 0.15) is 11.9 Å². The summed E-state index contributed by atoms with van der Waals surface area (Å²) in [6.07, 6.45) is 7.17. The lowest BCUT2D eigenvalue weighted by atomic mass is 9.87. The number of nitrogens with one attached hydrogen (secondary N) is 1. The molecule has 2 N–H and O–H groups in total. The first-order valence-electron chi connectivity index (χ1n) is 13.6. The Kier molecular flexibility index (Phi) is 9.15. The van der Waals surface area contributed by atoms with Gasteiger partial charge in [0.2, 0.25) is 0 Å². The molecule has 1 atom stereocenters. The van der Waals surface area contributed by atoms with Gasteiger partial charge in [-0.15, -0.1) is 11.8 Å². The minimum absolute atomic E-state index is 0.0675. The number of carboxylic acid groups (broad SMARTS) is 1. The van der Waals surface area contributed by atoms with Crippen LogP contribution in [0.1, 0.15) is 62.8 Å². The molecule has 5 rings (SSSR count). The topological polar surface area (TPSA) is 111 Å². The molecule has 0 spiro atoms. The number of aliphatic carboxylic acids is 1. The van der Waals surface area contributed by atoms with E-state index < -0.39 is 5.97 Å². The highest BCUT2D eigenvalue weighted by Crippen LogP contribution is 2.38. The van der Waals surface area contributed by atoms with Gasteiger partial charge in [0.25, 0.3) is 5.91 Å². The predicted molar refractivity (Wildman–Crippen MR) is 156 cm³/mol. The number of Topliss-reactive ketones (excluding diaryl/α,β-unsaturated/α-hetero) is 1. The van der Waals surface area contributed by atoms with Crippen LogP contribution in [0.3, 0.4) is 0 Å². The number of carbonyl (C=O) groups is 3. The molecule has 0 fully saturated rings. The number of nitrogens with zero attached hydrogens (tertiary/aromatic N) is 2. The molecule has 1 heterocycles. The molecule has 0 saturated heterocycles. The predicted octanol–water partition coefficient (Wildman–Crippen LogP) is 5.72. The lowest BCUT2D eigenvalue weighted by molar-refractivity contribution is -0.136. The van der Waals surface area contributed by atoms with Crippen LogP contribution in [-0.4, -0.2) is 38.9 Å². The Bertz CT molecular complexity index is 1520. The van der Waals surface area contributed by atoms with Gasteiger partial charge in [-0.05, 0) is 54.3 Å². The zero-order chi connectivity index (χ0) is 28.6. The largest absolute Gasteiger partial charge is 0.484 e. The van der Waals surface area contributed by atoms with E-state index in [9.17, 15) is 14.4 Å². The number of rotatable bonds is 12. The number of fused-ring (bicyclic) bond motifs is 1. The molecule has 0 saturated carbocycles. The van der Waals surface area contributed by atoms with Crippen molar-refractivity contribution in [3.05, 3.63) is 113 Å². The Balaban J connectivity index is 1.41. The summed E-state index contributed by atoms with van der Waals surface area (Å²) >= 11 is 1.57. The van der Waals surface area contributed by atoms with E-state index in [-0.39, 0.29) is 30.8 Å². The van der Waals surface area contributed by atoms with E-state index in [2.05, 4.69) is 10.3 Å². The number of aromatic nitrogens is 2. The molecule has 1 amide bonds. The Hall–Kier alpha value is -4.37. The average Bonchev–Trinajstić information content (AvgIpc) is 3.50. The first-order valence-corrected chi connectivity index (χ1v) is 14.5. The van der Waals surface area contributed by atoms with Gasteiger partial charge in [-0.25, -0.2) is 4.98 Å². The number of benzene rings is 3. The quantitative estimate of drug-likeness (QED) is 0.210. The summed E-state index contributed by atoms with van der Waals surface area (Å²) < 4.78 is 8.72. The van der Waals surface area contributed by atoms with Gasteiger partial charge < -0.3 is 19.7 Å². The van der Waals surface area contributed by atoms with Crippen LogP contribution in [-0.2, 0) is 23.5 Å². The maximum atomic E-state index is 12.8. The summed E-state index contributed by atoms with van der Waals surface area (Å²) in [5, 5.41) is 11.5. The minimum Gasteiger partial charge on any atom is -0.484 e. The summed E-state index contributed by atoms with van der Waals surface area (Å²) in [5.41, 5.74) is 4.28. The third-order valence-electron chi connectivity index (χ3n) is 7.00. The molecule has 1 aliphatic rings. The van der Waals surface area contributed by atoms with Crippen molar-refractivity contribution in [1.29, 1.82) is 0 Å². The summed E-state index contributed by atoms with van der Waals surface area (Å²) in [4.78, 5) is 41.2. The van der Waals surface area contributed by atoms with E-state index in [1.165, 1.54) is 0 Å². The van der Waals surface area contributed by atoms with Crippen molar-refractivity contribution >= 4 is 29.4 Å². The molecule has 0 aliphatic heterocycles. The van der Waals surface area contributed by atoms with Crippen molar-refractivity contribution in [1.82, 2.24) is 14.9 Å². The van der Waals surface area contributed by atoms with Gasteiger partial charge in [0, 0.05) is 52.7 Å². The standard InChI is InChI=1S/C32H31N3O5S/c36-28-11-5-10-25-26(28)12-13-29(40-30(19-35-17-16-33-21-35)22-6-2-1-3-7-22)27(25)20-41-24-9-4-8-23(18-24)32(39)34-15-14-31(37)38/h1-4,6-9,12-13,16-18,21,30H,5,10-11,14-15,19-20H2,(H,34,39)(H,37,38)/t30-/m1/s1. The number of hydrogen-bond donors (Lipinski definition) is 2. The first kappa shape index (κ1) is 28.2. The molecule has 1 aliphatic carbocycles. The van der Waals surface area contributed by atoms with E-state index in [4.69, 9.17) is 9.84 Å². The lowest BCUT2D eigenvalue weighted by Crippen LogP contribution is -2.25. The van der Waals surface area contributed by atoms with Gasteiger partial charge in [0.15, 0.2) is 5.78 Å². The minimum atomic E-state index is -0.961. The fraction of sp³-hybridized carbons (Fsp3) is 0.250. The average molecular weight is 570 g/mol. The van der Waals surface area contributed by atoms with Crippen LogP contribution in [0, 0.1) is 0 Å². The van der Waals surface area contributed by atoms with E-state index in [0.717, 1.165) is 45.7 Å². The SMILES string of the molecule is O=C(O)CCNC(=O)c1cccc(SCc2c(O[C@H](Cn3ccnc3)c3ccccc3)ccc3c2CCCC3=O)c1. The summed E-state index contributed by atoms with van der Waals surface area (Å²) in [6.45, 7) is 0.643. The fourth-order valence-corrected chi connectivity index (χ4v) is 5.95. The zero-order valence-electron chi connectivity index (χ0n) is 22.5. The fourth-order valence-electron chi connectivity index (χ4n) is 4.93. The molecule has 0 bridgehead atoms. The third kappa shape index (κ3) is 7.24. The number of hydrogen-bond acceptors (Lipinski definition) is 6. The van der Waals surface area contributed by atoms with Gasteiger partial charge >= 0.3 is 5.97 Å². The molecule has 210 valence electrons. The Morgan fingerprint density at radius 1 is 1.07 bits per heavy atom. The van der Waals surface area contributed by atoms with Crippen LogP contribution in [0.5, 0.6) is 5.75 Å². The van der Waals surface area contributed by atoms with Crippen molar-refractivity contribution in [2.24, 2.45) is 0 Å². The Morgan fingerprint density at radius 3 is 2.71 bits per heavy atom. The van der Waals surface area contributed by atoms with E-state index in [1.807, 2.05) is 65.4 Å². The molecule has 1 aromatic heterocycles. The normalized spacial score (nSPS) is 13.3. The highest BCUT2D eigenvalue weighted by atomic mass is 32.2. The maximum absolute atomic E-state index is 12.8. The first-order chi connectivity index (χ1) is 20.0. The lowest BCUT2D eigenvalue weighted by Gasteiger charge is -2.25. The molecule has 3 aromatic carbocycles. The molecule has 9 heteroatoms. The second-order valence-corrected chi connectivity index (χ2v) is 10.9. The van der Waals surface area contributed by atoms with Gasteiger partial charge in [-0.2, -0.15) is 0 Å². The van der Waals surface area contributed by atoms with E-state index in [0.29, 0.717) is 24.3 Å². The van der Waals surface area contributed by atoms with Crippen LogP contribution in [0.25, 0.3) is 0 Å². The Labute approximate surface area is 242 Å². The van der Waals surface area contributed by atoms with Crippen molar-refractivity contribution in [3.63, 3.8) is 0 Å². The number of thioether (sulfide) groups is 1. The summed E-state index contributed by atoms with van der Waals surface area (Å²) in [7, 11) is 0. The number of amides is 1. The monoisotopic (exact) mass is 569 g/mol. The molecule has 0 radical (unpaired) electrons. The summed E-state index contributed by atoms with van der Waals surface area (Å²) in [6, 6.07) is 21.1. The van der Waals surface area contributed by atoms with E-state index in [1.54, 1.807) is 36.4 Å².